The maximum Gasteiger partial charge on any atom is 0.264 e. The van der Waals surface area contributed by atoms with Gasteiger partial charge in [0.1, 0.15) is 11.5 Å². The van der Waals surface area contributed by atoms with E-state index in [-0.39, 0.29) is 5.91 Å². The SMILES string of the molecule is O=C1NC(=Nc2cccc3ccccc23)S/C1=C/c1ccc(-c2c(Cl)cccc2Cl)o1. The third-order valence-electron chi connectivity index (χ3n) is 4.75. The molecule has 0 unspecified atom stereocenters. The van der Waals surface area contributed by atoms with Crippen molar-refractivity contribution in [2.45, 2.75) is 0 Å². The van der Waals surface area contributed by atoms with Crippen molar-refractivity contribution in [3.8, 4) is 11.3 Å². The second kappa shape index (κ2) is 8.27. The lowest BCUT2D eigenvalue weighted by Crippen LogP contribution is -2.19. The summed E-state index contributed by atoms with van der Waals surface area (Å²) in [5.74, 6) is 0.836. The van der Waals surface area contributed by atoms with Gasteiger partial charge in [0.2, 0.25) is 0 Å². The van der Waals surface area contributed by atoms with Crippen LogP contribution < -0.4 is 5.32 Å². The quantitative estimate of drug-likeness (QED) is 0.323. The maximum absolute atomic E-state index is 12.5. The van der Waals surface area contributed by atoms with E-state index in [1.165, 1.54) is 11.8 Å². The van der Waals surface area contributed by atoms with E-state index in [0.717, 1.165) is 16.5 Å². The summed E-state index contributed by atoms with van der Waals surface area (Å²) in [6, 6.07) is 22.7. The molecule has 0 saturated carbocycles. The lowest BCUT2D eigenvalue weighted by atomic mass is 10.1. The summed E-state index contributed by atoms with van der Waals surface area (Å²) < 4.78 is 5.87. The van der Waals surface area contributed by atoms with Crippen LogP contribution in [-0.2, 0) is 4.79 Å². The van der Waals surface area contributed by atoms with E-state index in [1.807, 2.05) is 42.5 Å². The molecule has 7 heteroatoms. The number of thioether (sulfide) groups is 1. The first kappa shape index (κ1) is 19.9. The van der Waals surface area contributed by atoms with E-state index in [4.69, 9.17) is 27.6 Å². The number of carbonyl (C=O) groups excluding carboxylic acids is 1. The van der Waals surface area contributed by atoms with Gasteiger partial charge in [-0.1, -0.05) is 65.7 Å². The molecule has 0 spiro atoms. The van der Waals surface area contributed by atoms with Gasteiger partial charge in [-0.3, -0.25) is 4.79 Å². The zero-order chi connectivity index (χ0) is 21.4. The molecule has 0 radical (unpaired) electrons. The Morgan fingerprint density at radius 3 is 2.48 bits per heavy atom. The molecule has 1 aromatic heterocycles. The van der Waals surface area contributed by atoms with Crippen LogP contribution in [-0.4, -0.2) is 11.1 Å². The van der Waals surface area contributed by atoms with Gasteiger partial charge in [-0.25, -0.2) is 4.99 Å². The molecule has 4 nitrogen and oxygen atoms in total. The number of hydrogen-bond donors (Lipinski definition) is 1. The molecule has 1 fully saturated rings. The summed E-state index contributed by atoms with van der Waals surface area (Å²) in [5.41, 5.74) is 1.42. The van der Waals surface area contributed by atoms with Crippen LogP contribution >= 0.6 is 35.0 Å². The fraction of sp³-hybridized carbons (Fsp3) is 0. The highest BCUT2D eigenvalue weighted by molar-refractivity contribution is 8.18. The number of carbonyl (C=O) groups is 1. The number of nitrogens with zero attached hydrogens (tertiary/aromatic N) is 1. The van der Waals surface area contributed by atoms with Gasteiger partial charge >= 0.3 is 0 Å². The fourth-order valence-corrected chi connectivity index (χ4v) is 4.72. The second-order valence-electron chi connectivity index (χ2n) is 6.78. The Balaban J connectivity index is 1.43. The van der Waals surface area contributed by atoms with Gasteiger partial charge in [0.15, 0.2) is 5.17 Å². The molecule has 1 saturated heterocycles. The highest BCUT2D eigenvalue weighted by Gasteiger charge is 2.24. The van der Waals surface area contributed by atoms with E-state index in [2.05, 4.69) is 10.3 Å². The van der Waals surface area contributed by atoms with Crippen LogP contribution in [0.5, 0.6) is 0 Å². The molecule has 3 aromatic carbocycles. The number of hydrogen-bond acceptors (Lipinski definition) is 4. The summed E-state index contributed by atoms with van der Waals surface area (Å²) in [4.78, 5) is 17.6. The Morgan fingerprint density at radius 1 is 0.903 bits per heavy atom. The minimum atomic E-state index is -0.224. The molecular weight excluding hydrogens is 451 g/mol. The van der Waals surface area contributed by atoms with Crippen molar-refractivity contribution in [1.82, 2.24) is 5.32 Å². The molecule has 1 amide bonds. The van der Waals surface area contributed by atoms with Gasteiger partial charge in [0.05, 0.1) is 26.2 Å². The van der Waals surface area contributed by atoms with Crippen molar-refractivity contribution in [2.75, 3.05) is 0 Å². The molecule has 1 aliphatic heterocycles. The number of benzene rings is 3. The van der Waals surface area contributed by atoms with Crippen LogP contribution in [0.25, 0.3) is 28.2 Å². The van der Waals surface area contributed by atoms with Crippen LogP contribution in [0.1, 0.15) is 5.76 Å². The van der Waals surface area contributed by atoms with Crippen LogP contribution in [0, 0.1) is 0 Å². The van der Waals surface area contributed by atoms with Crippen LogP contribution in [0.3, 0.4) is 0 Å². The van der Waals surface area contributed by atoms with Crippen LogP contribution in [0.15, 0.2) is 87.1 Å². The largest absolute Gasteiger partial charge is 0.457 e. The minimum Gasteiger partial charge on any atom is -0.457 e. The number of amidine groups is 1. The van der Waals surface area contributed by atoms with Crippen molar-refractivity contribution in [1.29, 1.82) is 0 Å². The topological polar surface area (TPSA) is 54.6 Å². The van der Waals surface area contributed by atoms with Crippen LogP contribution in [0.2, 0.25) is 10.0 Å². The number of rotatable bonds is 3. The van der Waals surface area contributed by atoms with Gasteiger partial charge in [-0.15, -0.1) is 0 Å². The highest BCUT2D eigenvalue weighted by atomic mass is 35.5. The van der Waals surface area contributed by atoms with Crippen molar-refractivity contribution >= 4 is 68.6 Å². The average Bonchev–Trinajstić information content (AvgIpc) is 3.35. The predicted octanol–water partition coefficient (Wildman–Crippen LogP) is 7.30. The van der Waals surface area contributed by atoms with Gasteiger partial charge in [0.25, 0.3) is 5.91 Å². The smallest absolute Gasteiger partial charge is 0.264 e. The molecule has 152 valence electrons. The van der Waals surface area contributed by atoms with Crippen molar-refractivity contribution in [3.63, 3.8) is 0 Å². The number of fused-ring (bicyclic) bond motifs is 1. The predicted molar refractivity (Wildman–Crippen MR) is 129 cm³/mol. The van der Waals surface area contributed by atoms with E-state index >= 15 is 0 Å². The molecule has 1 aliphatic rings. The maximum atomic E-state index is 12.5. The van der Waals surface area contributed by atoms with E-state index in [0.29, 0.717) is 37.2 Å². The number of furan rings is 1. The van der Waals surface area contributed by atoms with E-state index < -0.39 is 0 Å². The first-order valence-electron chi connectivity index (χ1n) is 9.40. The Bertz CT molecular complexity index is 1370. The van der Waals surface area contributed by atoms with Crippen molar-refractivity contribution < 1.29 is 9.21 Å². The molecular formula is C24H14Cl2N2O2S. The van der Waals surface area contributed by atoms with Gasteiger partial charge in [0, 0.05) is 11.5 Å². The number of halogens is 2. The van der Waals surface area contributed by atoms with Crippen molar-refractivity contribution in [2.24, 2.45) is 4.99 Å². The van der Waals surface area contributed by atoms with Gasteiger partial charge < -0.3 is 9.73 Å². The first-order chi connectivity index (χ1) is 15.1. The minimum absolute atomic E-state index is 0.224. The molecule has 31 heavy (non-hydrogen) atoms. The number of nitrogens with one attached hydrogen (secondary N) is 1. The molecule has 2 heterocycles. The summed E-state index contributed by atoms with van der Waals surface area (Å²) in [7, 11) is 0. The molecule has 0 atom stereocenters. The third kappa shape index (κ3) is 4.00. The zero-order valence-electron chi connectivity index (χ0n) is 15.9. The van der Waals surface area contributed by atoms with Crippen LogP contribution in [0.4, 0.5) is 5.69 Å². The summed E-state index contributed by atoms with van der Waals surface area (Å²) in [5, 5.41) is 6.45. The second-order valence-corrected chi connectivity index (χ2v) is 8.62. The number of amides is 1. The third-order valence-corrected chi connectivity index (χ3v) is 6.29. The molecule has 1 N–H and O–H groups in total. The lowest BCUT2D eigenvalue weighted by Gasteiger charge is -2.02. The highest BCUT2D eigenvalue weighted by Crippen LogP contribution is 2.37. The zero-order valence-corrected chi connectivity index (χ0v) is 18.3. The fourth-order valence-electron chi connectivity index (χ4n) is 3.32. The summed E-state index contributed by atoms with van der Waals surface area (Å²) in [6.45, 7) is 0. The normalized spacial score (nSPS) is 16.4. The Labute approximate surface area is 192 Å². The molecule has 0 bridgehead atoms. The Kier molecular flexibility index (Phi) is 5.32. The Morgan fingerprint density at radius 2 is 1.65 bits per heavy atom. The molecule has 0 aliphatic carbocycles. The number of aliphatic imine (C=N–C) groups is 1. The van der Waals surface area contributed by atoms with Gasteiger partial charge in [-0.05, 0) is 47.5 Å². The Hall–Kier alpha value is -2.99. The van der Waals surface area contributed by atoms with Gasteiger partial charge in [-0.2, -0.15) is 0 Å². The molecule has 5 rings (SSSR count). The summed E-state index contributed by atoms with van der Waals surface area (Å²) in [6.07, 6.45) is 1.68. The van der Waals surface area contributed by atoms with E-state index in [9.17, 15) is 4.79 Å². The standard InChI is InChI=1S/C24H14Cl2N2O2S/c25-17-8-4-9-18(26)22(17)20-12-11-15(30-20)13-21-23(29)28-24(31-21)27-19-10-3-6-14-5-1-2-7-16(14)19/h1-13H,(H,27,28,29)/b21-13+. The monoisotopic (exact) mass is 464 g/mol. The molecule has 4 aromatic rings. The van der Waals surface area contributed by atoms with Crippen molar-refractivity contribution in [3.05, 3.63) is 93.5 Å². The average molecular weight is 465 g/mol. The van der Waals surface area contributed by atoms with E-state index in [1.54, 1.807) is 36.4 Å². The first-order valence-corrected chi connectivity index (χ1v) is 11.0. The summed E-state index contributed by atoms with van der Waals surface area (Å²) >= 11 is 13.8. The lowest BCUT2D eigenvalue weighted by molar-refractivity contribution is -0.115.